The largest absolute Gasteiger partial charge is 0.0882 e. The van der Waals surface area contributed by atoms with Crippen molar-refractivity contribution in [3.05, 3.63) is 36.5 Å². The van der Waals surface area contributed by atoms with Gasteiger partial charge in [0.05, 0.1) is 0 Å². The SMILES string of the molecule is CCCC=CCC=CCC=CCCCCC. The molecule has 0 spiro atoms. The van der Waals surface area contributed by atoms with E-state index < -0.39 is 0 Å². The Labute approximate surface area is 102 Å². The predicted molar refractivity (Wildman–Crippen MR) is 75.7 cm³/mol. The first-order valence-corrected chi connectivity index (χ1v) is 6.86. The Kier molecular flexibility index (Phi) is 13.5. The van der Waals surface area contributed by atoms with Gasteiger partial charge in [0.2, 0.25) is 0 Å². The van der Waals surface area contributed by atoms with E-state index in [4.69, 9.17) is 0 Å². The summed E-state index contributed by atoms with van der Waals surface area (Å²) in [6.07, 6.45) is 23.5. The van der Waals surface area contributed by atoms with Crippen molar-refractivity contribution in [1.82, 2.24) is 0 Å². The maximum absolute atomic E-state index is 2.31. The van der Waals surface area contributed by atoms with Gasteiger partial charge in [-0.15, -0.1) is 0 Å². The Morgan fingerprint density at radius 3 is 1.69 bits per heavy atom. The van der Waals surface area contributed by atoms with Crippen molar-refractivity contribution >= 4 is 0 Å². The predicted octanol–water partition coefficient (Wildman–Crippen LogP) is 5.82. The molecule has 0 atom stereocenters. The maximum atomic E-state index is 2.31. The number of unbranched alkanes of at least 4 members (excludes halogenated alkanes) is 4. The van der Waals surface area contributed by atoms with E-state index in [2.05, 4.69) is 50.3 Å². The van der Waals surface area contributed by atoms with Gasteiger partial charge >= 0.3 is 0 Å². The van der Waals surface area contributed by atoms with Crippen LogP contribution in [0.2, 0.25) is 0 Å². The van der Waals surface area contributed by atoms with Gasteiger partial charge in [-0.1, -0.05) is 69.6 Å². The zero-order valence-corrected chi connectivity index (χ0v) is 11.1. The van der Waals surface area contributed by atoms with Crippen molar-refractivity contribution in [2.45, 2.75) is 65.2 Å². The third kappa shape index (κ3) is 13.2. The van der Waals surface area contributed by atoms with Crippen LogP contribution in [0.15, 0.2) is 36.5 Å². The summed E-state index contributed by atoms with van der Waals surface area (Å²) >= 11 is 0. The van der Waals surface area contributed by atoms with Gasteiger partial charge in [0.1, 0.15) is 0 Å². The van der Waals surface area contributed by atoms with E-state index in [0.29, 0.717) is 0 Å². The number of rotatable bonds is 10. The summed E-state index contributed by atoms with van der Waals surface area (Å²) in [5.41, 5.74) is 0. The van der Waals surface area contributed by atoms with E-state index in [1.54, 1.807) is 0 Å². The van der Waals surface area contributed by atoms with E-state index in [1.165, 1.54) is 38.5 Å². The van der Waals surface area contributed by atoms with E-state index in [1.807, 2.05) is 0 Å². The van der Waals surface area contributed by atoms with Crippen molar-refractivity contribution in [1.29, 1.82) is 0 Å². The molecule has 0 aliphatic rings. The Hall–Kier alpha value is -0.780. The molecule has 0 fully saturated rings. The summed E-state index contributed by atoms with van der Waals surface area (Å²) in [6, 6.07) is 0. The molecule has 0 aliphatic heterocycles. The minimum atomic E-state index is 1.09. The van der Waals surface area contributed by atoms with E-state index >= 15 is 0 Å². The molecule has 0 aromatic heterocycles. The summed E-state index contributed by atoms with van der Waals surface area (Å²) in [4.78, 5) is 0. The molecule has 0 aliphatic carbocycles. The molecular formula is C16H28. The molecule has 0 unspecified atom stereocenters. The summed E-state index contributed by atoms with van der Waals surface area (Å²) in [5, 5.41) is 0. The molecule has 0 heterocycles. The normalized spacial score (nSPS) is 12.4. The lowest BCUT2D eigenvalue weighted by Gasteiger charge is -1.90. The van der Waals surface area contributed by atoms with Crippen LogP contribution in [0.1, 0.15) is 65.2 Å². The minimum Gasteiger partial charge on any atom is -0.0882 e. The van der Waals surface area contributed by atoms with Crippen LogP contribution in [0.5, 0.6) is 0 Å². The number of hydrogen-bond acceptors (Lipinski definition) is 0. The van der Waals surface area contributed by atoms with Crippen molar-refractivity contribution < 1.29 is 0 Å². The van der Waals surface area contributed by atoms with Crippen LogP contribution in [-0.4, -0.2) is 0 Å². The lowest BCUT2D eigenvalue weighted by molar-refractivity contribution is 0.728. The summed E-state index contributed by atoms with van der Waals surface area (Å²) in [7, 11) is 0. The molecule has 0 radical (unpaired) electrons. The van der Waals surface area contributed by atoms with Crippen molar-refractivity contribution in [3.8, 4) is 0 Å². The molecule has 0 heteroatoms. The van der Waals surface area contributed by atoms with Crippen LogP contribution >= 0.6 is 0 Å². The quantitative estimate of drug-likeness (QED) is 0.321. The zero-order valence-electron chi connectivity index (χ0n) is 11.1. The van der Waals surface area contributed by atoms with E-state index in [-0.39, 0.29) is 0 Å². The smallest absolute Gasteiger partial charge is 0.0169 e. The Bertz CT molecular complexity index is 196. The summed E-state index contributed by atoms with van der Waals surface area (Å²) in [5.74, 6) is 0. The third-order valence-corrected chi connectivity index (χ3v) is 2.47. The average Bonchev–Trinajstić information content (AvgIpc) is 2.31. The highest BCUT2D eigenvalue weighted by molar-refractivity contribution is 4.97. The number of hydrogen-bond donors (Lipinski definition) is 0. The zero-order chi connectivity index (χ0) is 11.9. The van der Waals surface area contributed by atoms with Gasteiger partial charge in [-0.2, -0.15) is 0 Å². The molecule has 0 saturated heterocycles. The monoisotopic (exact) mass is 220 g/mol. The van der Waals surface area contributed by atoms with Crippen LogP contribution in [0.3, 0.4) is 0 Å². The Morgan fingerprint density at radius 2 is 1.12 bits per heavy atom. The molecule has 0 rings (SSSR count). The lowest BCUT2D eigenvalue weighted by atomic mass is 10.2. The molecular weight excluding hydrogens is 192 g/mol. The first kappa shape index (κ1) is 15.2. The third-order valence-electron chi connectivity index (χ3n) is 2.47. The molecule has 0 amide bonds. The van der Waals surface area contributed by atoms with Gasteiger partial charge in [-0.25, -0.2) is 0 Å². The Morgan fingerprint density at radius 1 is 0.562 bits per heavy atom. The molecule has 0 aromatic rings. The molecule has 0 bridgehead atoms. The van der Waals surface area contributed by atoms with E-state index in [9.17, 15) is 0 Å². The van der Waals surface area contributed by atoms with Gasteiger partial charge in [0.15, 0.2) is 0 Å². The molecule has 0 aromatic carbocycles. The van der Waals surface area contributed by atoms with Gasteiger partial charge in [0.25, 0.3) is 0 Å². The summed E-state index contributed by atoms with van der Waals surface area (Å²) < 4.78 is 0. The minimum absolute atomic E-state index is 1.09. The van der Waals surface area contributed by atoms with Gasteiger partial charge in [0, 0.05) is 0 Å². The maximum Gasteiger partial charge on any atom is -0.0169 e. The van der Waals surface area contributed by atoms with E-state index in [0.717, 1.165) is 12.8 Å². The highest BCUT2D eigenvalue weighted by atomic mass is 13.9. The molecule has 92 valence electrons. The standard InChI is InChI=1S/C16H28/c1-3-5-7-9-11-13-15-16-14-12-10-8-6-4-2/h7,9,12-15H,3-6,8,10-11,16H2,1-2H3. The molecule has 0 saturated carbocycles. The fraction of sp³-hybridized carbons (Fsp3) is 0.625. The van der Waals surface area contributed by atoms with Crippen molar-refractivity contribution in [3.63, 3.8) is 0 Å². The second-order valence-electron chi connectivity index (χ2n) is 4.17. The van der Waals surface area contributed by atoms with Gasteiger partial charge in [-0.3, -0.25) is 0 Å². The van der Waals surface area contributed by atoms with Crippen LogP contribution in [0, 0.1) is 0 Å². The summed E-state index contributed by atoms with van der Waals surface area (Å²) in [6.45, 7) is 4.46. The van der Waals surface area contributed by atoms with Crippen LogP contribution < -0.4 is 0 Å². The highest BCUT2D eigenvalue weighted by Crippen LogP contribution is 2.00. The highest BCUT2D eigenvalue weighted by Gasteiger charge is 1.80. The molecule has 16 heavy (non-hydrogen) atoms. The van der Waals surface area contributed by atoms with Gasteiger partial charge in [-0.05, 0) is 32.1 Å². The second kappa shape index (κ2) is 14.2. The molecule has 0 nitrogen and oxygen atoms in total. The van der Waals surface area contributed by atoms with Crippen molar-refractivity contribution in [2.24, 2.45) is 0 Å². The van der Waals surface area contributed by atoms with Crippen molar-refractivity contribution in [2.75, 3.05) is 0 Å². The first-order valence-electron chi connectivity index (χ1n) is 6.86. The van der Waals surface area contributed by atoms with Gasteiger partial charge < -0.3 is 0 Å². The topological polar surface area (TPSA) is 0 Å². The Balaban J connectivity index is 3.26. The number of allylic oxidation sites excluding steroid dienone is 6. The molecule has 0 N–H and O–H groups in total. The lowest BCUT2D eigenvalue weighted by Crippen LogP contribution is -1.70. The average molecular weight is 220 g/mol. The second-order valence-corrected chi connectivity index (χ2v) is 4.17. The van der Waals surface area contributed by atoms with Crippen LogP contribution in [0.4, 0.5) is 0 Å². The van der Waals surface area contributed by atoms with Crippen LogP contribution in [0.25, 0.3) is 0 Å². The van der Waals surface area contributed by atoms with Crippen LogP contribution in [-0.2, 0) is 0 Å². The fourth-order valence-electron chi connectivity index (χ4n) is 1.46. The fourth-order valence-corrected chi connectivity index (χ4v) is 1.46. The first-order chi connectivity index (χ1) is 7.91.